The zero-order valence-electron chi connectivity index (χ0n) is 15.5. The van der Waals surface area contributed by atoms with Gasteiger partial charge in [0, 0.05) is 4.47 Å². The number of nitrogens with zero attached hydrogens (tertiary/aromatic N) is 4. The molecule has 140 valence electrons. The summed E-state index contributed by atoms with van der Waals surface area (Å²) in [6, 6.07) is 11.8. The van der Waals surface area contributed by atoms with E-state index in [2.05, 4.69) is 36.8 Å². The third kappa shape index (κ3) is 4.39. The number of tetrazole rings is 1. The smallest absolute Gasteiger partial charge is 0.237 e. The maximum atomic E-state index is 12.6. The first-order valence-electron chi connectivity index (χ1n) is 8.45. The molecule has 0 radical (unpaired) electrons. The second-order valence-electron chi connectivity index (χ2n) is 6.32. The van der Waals surface area contributed by atoms with Gasteiger partial charge in [-0.1, -0.05) is 30.0 Å². The van der Waals surface area contributed by atoms with E-state index in [0.717, 1.165) is 32.5 Å². The number of amides is 1. The average Bonchev–Trinajstić information content (AvgIpc) is 3.07. The number of aromatic nitrogens is 4. The van der Waals surface area contributed by atoms with Crippen molar-refractivity contribution >= 4 is 39.3 Å². The average molecular weight is 446 g/mol. The fourth-order valence-corrected chi connectivity index (χ4v) is 3.93. The number of carbonyl (C=O) groups excluding carboxylic acids is 1. The Balaban J connectivity index is 1.77. The first-order chi connectivity index (χ1) is 12.9. The SMILES string of the molecule is Cc1ccc(NC(=O)C(C)Sc2nnnn2-c2cccc(C)c2C)c(Br)c1. The van der Waals surface area contributed by atoms with Crippen molar-refractivity contribution in [2.24, 2.45) is 0 Å². The highest BCUT2D eigenvalue weighted by atomic mass is 79.9. The number of nitrogens with one attached hydrogen (secondary N) is 1. The number of anilines is 1. The summed E-state index contributed by atoms with van der Waals surface area (Å²) in [5.74, 6) is -0.111. The molecule has 27 heavy (non-hydrogen) atoms. The van der Waals surface area contributed by atoms with E-state index in [1.54, 1.807) is 4.68 Å². The minimum absolute atomic E-state index is 0.111. The zero-order valence-corrected chi connectivity index (χ0v) is 17.9. The molecule has 1 amide bonds. The van der Waals surface area contributed by atoms with Gasteiger partial charge in [0.2, 0.25) is 11.1 Å². The molecule has 0 bridgehead atoms. The second-order valence-corrected chi connectivity index (χ2v) is 8.49. The summed E-state index contributed by atoms with van der Waals surface area (Å²) in [5, 5.41) is 15.1. The number of halogens is 1. The third-order valence-electron chi connectivity index (χ3n) is 4.28. The number of hydrogen-bond donors (Lipinski definition) is 1. The molecule has 1 unspecified atom stereocenters. The van der Waals surface area contributed by atoms with E-state index >= 15 is 0 Å². The van der Waals surface area contributed by atoms with Gasteiger partial charge in [0.25, 0.3) is 0 Å². The molecule has 3 aromatic rings. The summed E-state index contributed by atoms with van der Waals surface area (Å²) < 4.78 is 2.53. The number of carbonyl (C=O) groups is 1. The van der Waals surface area contributed by atoms with Crippen molar-refractivity contribution in [3.05, 3.63) is 57.6 Å². The van der Waals surface area contributed by atoms with E-state index in [0.29, 0.717) is 5.16 Å². The third-order valence-corrected chi connectivity index (χ3v) is 5.97. The summed E-state index contributed by atoms with van der Waals surface area (Å²) in [5.41, 5.74) is 5.04. The van der Waals surface area contributed by atoms with Crippen LogP contribution in [0.25, 0.3) is 5.69 Å². The number of aryl methyl sites for hydroxylation is 2. The lowest BCUT2D eigenvalue weighted by Crippen LogP contribution is -2.23. The molecule has 3 rings (SSSR count). The standard InChI is InChI=1S/C19H20BrN5OS/c1-11-8-9-16(15(20)10-11)21-18(26)14(4)27-19-22-23-24-25(19)17-7-5-6-12(2)13(17)3/h5-10,14H,1-4H3,(H,21,26). The zero-order chi connectivity index (χ0) is 19.6. The van der Waals surface area contributed by atoms with E-state index in [1.165, 1.54) is 11.8 Å². The molecular formula is C19H20BrN5OS. The summed E-state index contributed by atoms with van der Waals surface area (Å²) in [6.45, 7) is 7.92. The van der Waals surface area contributed by atoms with Gasteiger partial charge in [-0.25, -0.2) is 0 Å². The van der Waals surface area contributed by atoms with Gasteiger partial charge < -0.3 is 5.32 Å². The van der Waals surface area contributed by atoms with Crippen LogP contribution >= 0.6 is 27.7 Å². The lowest BCUT2D eigenvalue weighted by molar-refractivity contribution is -0.115. The van der Waals surface area contributed by atoms with E-state index in [9.17, 15) is 4.79 Å². The summed E-state index contributed by atoms with van der Waals surface area (Å²) in [6.07, 6.45) is 0. The van der Waals surface area contributed by atoms with Crippen molar-refractivity contribution in [3.63, 3.8) is 0 Å². The van der Waals surface area contributed by atoms with Crippen LogP contribution in [0.15, 0.2) is 46.0 Å². The summed E-state index contributed by atoms with van der Waals surface area (Å²) in [4.78, 5) is 12.6. The molecule has 0 aliphatic heterocycles. The van der Waals surface area contributed by atoms with Crippen molar-refractivity contribution < 1.29 is 4.79 Å². The molecule has 0 spiro atoms. The van der Waals surface area contributed by atoms with Crippen LogP contribution < -0.4 is 5.32 Å². The minimum atomic E-state index is -0.368. The van der Waals surface area contributed by atoms with Gasteiger partial charge in [-0.15, -0.1) is 5.10 Å². The highest BCUT2D eigenvalue weighted by Gasteiger charge is 2.20. The van der Waals surface area contributed by atoms with Crippen molar-refractivity contribution in [2.45, 2.75) is 38.1 Å². The first kappa shape index (κ1) is 19.6. The second kappa shape index (κ2) is 8.22. The molecule has 0 saturated carbocycles. The Morgan fingerprint density at radius 3 is 2.74 bits per heavy atom. The molecule has 1 aromatic heterocycles. The Morgan fingerprint density at radius 1 is 1.22 bits per heavy atom. The normalized spacial score (nSPS) is 12.0. The molecule has 0 fully saturated rings. The molecule has 1 N–H and O–H groups in total. The number of rotatable bonds is 5. The fourth-order valence-electron chi connectivity index (χ4n) is 2.54. The maximum absolute atomic E-state index is 12.6. The molecule has 6 nitrogen and oxygen atoms in total. The quantitative estimate of drug-likeness (QED) is 0.586. The fraction of sp³-hybridized carbons (Fsp3) is 0.263. The molecule has 1 atom stereocenters. The van der Waals surface area contributed by atoms with E-state index in [-0.39, 0.29) is 11.2 Å². The van der Waals surface area contributed by atoms with Gasteiger partial charge in [-0.05, 0) is 88.9 Å². The molecule has 0 aliphatic rings. The van der Waals surface area contributed by atoms with Crippen LogP contribution in [0.1, 0.15) is 23.6 Å². The van der Waals surface area contributed by atoms with Crippen LogP contribution in [0.2, 0.25) is 0 Å². The van der Waals surface area contributed by atoms with Gasteiger partial charge in [-0.3, -0.25) is 4.79 Å². The van der Waals surface area contributed by atoms with Gasteiger partial charge in [0.05, 0.1) is 16.6 Å². The highest BCUT2D eigenvalue weighted by Crippen LogP contribution is 2.28. The topological polar surface area (TPSA) is 72.7 Å². The van der Waals surface area contributed by atoms with E-state index < -0.39 is 0 Å². The monoisotopic (exact) mass is 445 g/mol. The van der Waals surface area contributed by atoms with Crippen LogP contribution in [-0.2, 0) is 4.79 Å². The maximum Gasteiger partial charge on any atom is 0.237 e. The van der Waals surface area contributed by atoms with Crippen LogP contribution in [0.3, 0.4) is 0 Å². The highest BCUT2D eigenvalue weighted by molar-refractivity contribution is 9.10. The van der Waals surface area contributed by atoms with Gasteiger partial charge in [0.1, 0.15) is 0 Å². The largest absolute Gasteiger partial charge is 0.324 e. The Morgan fingerprint density at radius 2 is 2.00 bits per heavy atom. The molecule has 1 heterocycles. The summed E-state index contributed by atoms with van der Waals surface area (Å²) >= 11 is 4.81. The Labute approximate surface area is 170 Å². The Kier molecular flexibility index (Phi) is 5.96. The van der Waals surface area contributed by atoms with Crippen LogP contribution in [0.5, 0.6) is 0 Å². The minimum Gasteiger partial charge on any atom is -0.324 e. The molecule has 0 saturated heterocycles. The number of benzene rings is 2. The molecular weight excluding hydrogens is 426 g/mol. The van der Waals surface area contributed by atoms with Crippen molar-refractivity contribution in [1.29, 1.82) is 0 Å². The number of hydrogen-bond acceptors (Lipinski definition) is 5. The van der Waals surface area contributed by atoms with Crippen LogP contribution in [0, 0.1) is 20.8 Å². The Hall–Kier alpha value is -2.19. The lowest BCUT2D eigenvalue weighted by atomic mass is 10.1. The number of thioether (sulfide) groups is 1. The van der Waals surface area contributed by atoms with Gasteiger partial charge >= 0.3 is 0 Å². The Bertz CT molecular complexity index is 988. The van der Waals surface area contributed by atoms with E-state index in [1.807, 2.05) is 64.1 Å². The van der Waals surface area contributed by atoms with Crippen molar-refractivity contribution in [1.82, 2.24) is 20.2 Å². The predicted molar refractivity (Wildman–Crippen MR) is 111 cm³/mol. The first-order valence-corrected chi connectivity index (χ1v) is 10.1. The van der Waals surface area contributed by atoms with Crippen LogP contribution in [-0.4, -0.2) is 31.4 Å². The van der Waals surface area contributed by atoms with Crippen LogP contribution in [0.4, 0.5) is 5.69 Å². The molecule has 2 aromatic carbocycles. The predicted octanol–water partition coefficient (Wildman–Crippen LogP) is 4.47. The van der Waals surface area contributed by atoms with Crippen molar-refractivity contribution in [3.8, 4) is 5.69 Å². The molecule has 8 heteroatoms. The van der Waals surface area contributed by atoms with Gasteiger partial charge in [0.15, 0.2) is 0 Å². The molecule has 0 aliphatic carbocycles. The van der Waals surface area contributed by atoms with E-state index in [4.69, 9.17) is 0 Å². The van der Waals surface area contributed by atoms with Gasteiger partial charge in [-0.2, -0.15) is 4.68 Å². The lowest BCUT2D eigenvalue weighted by Gasteiger charge is -2.14. The van der Waals surface area contributed by atoms with Crippen molar-refractivity contribution in [2.75, 3.05) is 5.32 Å². The summed E-state index contributed by atoms with van der Waals surface area (Å²) in [7, 11) is 0.